The molecular weight excluding hydrogens is 248 g/mol. The summed E-state index contributed by atoms with van der Waals surface area (Å²) < 4.78 is 6.22. The second-order valence-corrected chi connectivity index (χ2v) is 3.42. The molecule has 0 saturated heterocycles. The molecular formula is C10H9BrO3. The molecule has 0 aliphatic rings. The summed E-state index contributed by atoms with van der Waals surface area (Å²) in [6, 6.07) is 7.32. The van der Waals surface area contributed by atoms with E-state index in [0.717, 1.165) is 10.5 Å². The molecule has 3 nitrogen and oxygen atoms in total. The van der Waals surface area contributed by atoms with Crippen LogP contribution in [0.25, 0.3) is 0 Å². The van der Waals surface area contributed by atoms with E-state index in [0.29, 0.717) is 5.75 Å². The van der Waals surface area contributed by atoms with E-state index in [1.807, 2.05) is 12.1 Å². The molecule has 0 saturated carbocycles. The van der Waals surface area contributed by atoms with Gasteiger partial charge in [-0.3, -0.25) is 0 Å². The molecule has 1 rings (SSSR count). The number of halogens is 1. The van der Waals surface area contributed by atoms with Crippen molar-refractivity contribution in [2.45, 2.75) is 0 Å². The Balaban J connectivity index is 2.39. The van der Waals surface area contributed by atoms with Crippen LogP contribution in [0.2, 0.25) is 0 Å². The van der Waals surface area contributed by atoms with Crippen LogP contribution < -0.4 is 4.74 Å². The van der Waals surface area contributed by atoms with Gasteiger partial charge in [-0.2, -0.15) is 0 Å². The lowest BCUT2D eigenvalue weighted by Crippen LogP contribution is -1.95. The number of hydrogen-bond acceptors (Lipinski definition) is 2. The monoisotopic (exact) mass is 256 g/mol. The van der Waals surface area contributed by atoms with Crippen molar-refractivity contribution in [2.75, 3.05) is 6.61 Å². The summed E-state index contributed by atoms with van der Waals surface area (Å²) in [5.74, 6) is -0.257. The third-order valence-electron chi connectivity index (χ3n) is 1.42. The molecule has 0 unspecified atom stereocenters. The minimum atomic E-state index is -0.968. The van der Waals surface area contributed by atoms with Crippen molar-refractivity contribution in [1.29, 1.82) is 0 Å². The van der Waals surface area contributed by atoms with E-state index in [4.69, 9.17) is 9.84 Å². The Labute approximate surface area is 90.1 Å². The number of aliphatic carboxylic acids is 1. The highest BCUT2D eigenvalue weighted by Gasteiger charge is 1.91. The summed E-state index contributed by atoms with van der Waals surface area (Å²) in [6.07, 6.45) is 2.50. The normalized spacial score (nSPS) is 10.4. The van der Waals surface area contributed by atoms with Gasteiger partial charge in [0.15, 0.2) is 0 Å². The fraction of sp³-hybridized carbons (Fsp3) is 0.100. The third kappa shape index (κ3) is 4.09. The Morgan fingerprint density at radius 1 is 1.43 bits per heavy atom. The maximum absolute atomic E-state index is 10.1. The van der Waals surface area contributed by atoms with Crippen LogP contribution in [0.4, 0.5) is 0 Å². The van der Waals surface area contributed by atoms with Crippen LogP contribution in [0, 0.1) is 0 Å². The van der Waals surface area contributed by atoms with E-state index < -0.39 is 5.97 Å². The lowest BCUT2D eigenvalue weighted by Gasteiger charge is -2.01. The van der Waals surface area contributed by atoms with Crippen molar-refractivity contribution in [3.05, 3.63) is 40.9 Å². The van der Waals surface area contributed by atoms with Crippen molar-refractivity contribution in [1.82, 2.24) is 0 Å². The Morgan fingerprint density at radius 2 is 2.07 bits per heavy atom. The summed E-state index contributed by atoms with van der Waals surface area (Å²) in [6.45, 7) is 0.258. The van der Waals surface area contributed by atoms with Gasteiger partial charge in [0.2, 0.25) is 0 Å². The van der Waals surface area contributed by atoms with Crippen LogP contribution in [0.5, 0.6) is 5.75 Å². The first-order valence-corrected chi connectivity index (χ1v) is 4.75. The van der Waals surface area contributed by atoms with E-state index in [2.05, 4.69) is 15.9 Å². The zero-order valence-corrected chi connectivity index (χ0v) is 8.90. The van der Waals surface area contributed by atoms with Gasteiger partial charge in [-0.05, 0) is 30.3 Å². The Kier molecular flexibility index (Phi) is 4.19. The van der Waals surface area contributed by atoms with Crippen molar-refractivity contribution in [3.8, 4) is 5.75 Å². The molecule has 0 aliphatic carbocycles. The molecule has 0 fully saturated rings. The summed E-state index contributed by atoms with van der Waals surface area (Å²) in [4.78, 5) is 10.1. The molecule has 0 amide bonds. The van der Waals surface area contributed by atoms with E-state index in [-0.39, 0.29) is 6.61 Å². The molecule has 0 atom stereocenters. The van der Waals surface area contributed by atoms with E-state index in [1.165, 1.54) is 6.08 Å². The van der Waals surface area contributed by atoms with Gasteiger partial charge in [-0.25, -0.2) is 4.79 Å². The molecule has 0 aromatic heterocycles. The number of carboxylic acids is 1. The first kappa shape index (κ1) is 10.8. The smallest absolute Gasteiger partial charge is 0.328 e. The highest BCUT2D eigenvalue weighted by atomic mass is 79.9. The molecule has 0 spiro atoms. The van der Waals surface area contributed by atoms with Crippen LogP contribution in [-0.2, 0) is 4.79 Å². The number of ether oxygens (including phenoxy) is 1. The van der Waals surface area contributed by atoms with Crippen molar-refractivity contribution >= 4 is 21.9 Å². The highest BCUT2D eigenvalue weighted by Crippen LogP contribution is 2.15. The Hall–Kier alpha value is -1.29. The van der Waals surface area contributed by atoms with Crippen LogP contribution in [0.1, 0.15) is 0 Å². The molecule has 1 N–H and O–H groups in total. The minimum Gasteiger partial charge on any atom is -0.490 e. The van der Waals surface area contributed by atoms with Gasteiger partial charge >= 0.3 is 5.97 Å². The van der Waals surface area contributed by atoms with Crippen molar-refractivity contribution in [2.24, 2.45) is 0 Å². The Bertz CT molecular complexity index is 330. The molecule has 4 heteroatoms. The lowest BCUT2D eigenvalue weighted by molar-refractivity contribution is -0.131. The molecule has 0 aliphatic heterocycles. The number of carboxylic acid groups (broad SMARTS) is 1. The molecule has 0 radical (unpaired) electrons. The second-order valence-electron chi connectivity index (χ2n) is 2.51. The van der Waals surface area contributed by atoms with Crippen molar-refractivity contribution in [3.63, 3.8) is 0 Å². The fourth-order valence-corrected chi connectivity index (χ4v) is 1.09. The van der Waals surface area contributed by atoms with Crippen LogP contribution >= 0.6 is 15.9 Å². The van der Waals surface area contributed by atoms with E-state index in [9.17, 15) is 4.79 Å². The predicted octanol–water partition coefficient (Wildman–Crippen LogP) is 2.47. The van der Waals surface area contributed by atoms with Gasteiger partial charge in [-0.15, -0.1) is 0 Å². The minimum absolute atomic E-state index is 0.258. The fourth-order valence-electron chi connectivity index (χ4n) is 0.824. The maximum atomic E-state index is 10.1. The van der Waals surface area contributed by atoms with Gasteiger partial charge in [-0.1, -0.05) is 15.9 Å². The van der Waals surface area contributed by atoms with Gasteiger partial charge in [0.25, 0.3) is 0 Å². The molecule has 14 heavy (non-hydrogen) atoms. The average molecular weight is 257 g/mol. The summed E-state index contributed by atoms with van der Waals surface area (Å²) in [7, 11) is 0. The zero-order valence-electron chi connectivity index (χ0n) is 7.31. The highest BCUT2D eigenvalue weighted by molar-refractivity contribution is 9.10. The molecule has 74 valence electrons. The molecule has 1 aromatic carbocycles. The second kappa shape index (κ2) is 5.44. The summed E-state index contributed by atoms with van der Waals surface area (Å²) >= 11 is 3.30. The van der Waals surface area contributed by atoms with Gasteiger partial charge in [0.05, 0.1) is 0 Å². The number of rotatable bonds is 4. The van der Waals surface area contributed by atoms with E-state index in [1.54, 1.807) is 12.1 Å². The Morgan fingerprint density at radius 3 is 2.64 bits per heavy atom. The summed E-state index contributed by atoms with van der Waals surface area (Å²) in [5.41, 5.74) is 0. The van der Waals surface area contributed by atoms with Gasteiger partial charge in [0, 0.05) is 10.5 Å². The van der Waals surface area contributed by atoms with Gasteiger partial charge < -0.3 is 9.84 Å². The van der Waals surface area contributed by atoms with Crippen LogP contribution in [-0.4, -0.2) is 17.7 Å². The van der Waals surface area contributed by atoms with Gasteiger partial charge in [0.1, 0.15) is 12.4 Å². The largest absolute Gasteiger partial charge is 0.490 e. The quantitative estimate of drug-likeness (QED) is 0.843. The SMILES string of the molecule is O=C(O)/C=C/COc1ccc(Br)cc1. The maximum Gasteiger partial charge on any atom is 0.328 e. The number of hydrogen-bond donors (Lipinski definition) is 1. The first-order valence-electron chi connectivity index (χ1n) is 3.96. The number of carbonyl (C=O) groups is 1. The number of benzene rings is 1. The third-order valence-corrected chi connectivity index (χ3v) is 1.95. The van der Waals surface area contributed by atoms with Crippen molar-refractivity contribution < 1.29 is 14.6 Å². The molecule has 0 heterocycles. The molecule has 0 bridgehead atoms. The van der Waals surface area contributed by atoms with E-state index >= 15 is 0 Å². The van der Waals surface area contributed by atoms with Crippen LogP contribution in [0.3, 0.4) is 0 Å². The molecule has 1 aromatic rings. The van der Waals surface area contributed by atoms with Crippen LogP contribution in [0.15, 0.2) is 40.9 Å². The standard InChI is InChI=1S/C10H9BrO3/c11-8-3-5-9(6-4-8)14-7-1-2-10(12)13/h1-6H,7H2,(H,12,13)/b2-1+. The predicted molar refractivity (Wildman–Crippen MR) is 56.4 cm³/mol. The lowest BCUT2D eigenvalue weighted by atomic mass is 10.3. The zero-order chi connectivity index (χ0) is 10.4. The average Bonchev–Trinajstić information content (AvgIpc) is 2.15. The topological polar surface area (TPSA) is 46.5 Å². The first-order chi connectivity index (χ1) is 6.68. The summed E-state index contributed by atoms with van der Waals surface area (Å²) in [5, 5.41) is 8.30.